The number of aromatic nitrogens is 1. The number of amides is 1. The summed E-state index contributed by atoms with van der Waals surface area (Å²) in [4.78, 5) is 16.7. The summed E-state index contributed by atoms with van der Waals surface area (Å²) in [5.41, 5.74) is 0.867. The van der Waals surface area contributed by atoms with E-state index in [2.05, 4.69) is 10.1 Å². The minimum atomic E-state index is -0.320. The zero-order valence-corrected chi connectivity index (χ0v) is 16.1. The normalized spacial score (nSPS) is 14.9. The standard InChI is InChI=1S/C21H22FN3O4/c1-15-12-19(29-23-15)13-24-8-10-25(11-9-24)21(26)20-7-6-18(28-20)14-27-17-4-2-16(22)3-5-17/h2-7,12H,8-11,13-14H2,1H3. The first-order valence-corrected chi connectivity index (χ1v) is 9.48. The molecule has 1 aliphatic heterocycles. The van der Waals surface area contributed by atoms with Gasteiger partial charge in [-0.3, -0.25) is 9.69 Å². The molecule has 8 heteroatoms. The number of furan rings is 1. The molecule has 2 aromatic heterocycles. The Morgan fingerprint density at radius 3 is 2.55 bits per heavy atom. The van der Waals surface area contributed by atoms with Gasteiger partial charge < -0.3 is 18.6 Å². The van der Waals surface area contributed by atoms with Crippen molar-refractivity contribution in [2.75, 3.05) is 26.2 Å². The van der Waals surface area contributed by atoms with Crippen LogP contribution >= 0.6 is 0 Å². The summed E-state index contributed by atoms with van der Waals surface area (Å²) in [6.07, 6.45) is 0. The van der Waals surface area contributed by atoms with E-state index in [4.69, 9.17) is 13.7 Å². The number of benzene rings is 1. The smallest absolute Gasteiger partial charge is 0.289 e. The third-order valence-electron chi connectivity index (χ3n) is 4.78. The van der Waals surface area contributed by atoms with E-state index in [1.54, 1.807) is 29.2 Å². The molecular formula is C21H22FN3O4. The van der Waals surface area contributed by atoms with Crippen molar-refractivity contribution in [1.82, 2.24) is 15.0 Å². The lowest BCUT2D eigenvalue weighted by molar-refractivity contribution is 0.0583. The maximum absolute atomic E-state index is 12.9. The van der Waals surface area contributed by atoms with Crippen LogP contribution in [0.15, 0.2) is 51.4 Å². The number of hydrogen-bond donors (Lipinski definition) is 0. The molecule has 29 heavy (non-hydrogen) atoms. The van der Waals surface area contributed by atoms with Crippen LogP contribution in [0.5, 0.6) is 5.75 Å². The zero-order valence-electron chi connectivity index (χ0n) is 16.1. The van der Waals surface area contributed by atoms with E-state index in [0.717, 1.165) is 24.5 Å². The van der Waals surface area contributed by atoms with Crippen LogP contribution in [0.2, 0.25) is 0 Å². The summed E-state index contributed by atoms with van der Waals surface area (Å²) >= 11 is 0. The molecule has 3 heterocycles. The fourth-order valence-corrected chi connectivity index (χ4v) is 3.23. The second-order valence-electron chi connectivity index (χ2n) is 7.01. The highest BCUT2D eigenvalue weighted by molar-refractivity contribution is 5.91. The minimum Gasteiger partial charge on any atom is -0.486 e. The maximum atomic E-state index is 12.9. The third-order valence-corrected chi connectivity index (χ3v) is 4.78. The maximum Gasteiger partial charge on any atom is 0.289 e. The lowest BCUT2D eigenvalue weighted by Crippen LogP contribution is -2.48. The molecule has 0 atom stereocenters. The first kappa shape index (κ1) is 19.2. The SMILES string of the molecule is Cc1cc(CN2CCN(C(=O)c3ccc(COc4ccc(F)cc4)o3)CC2)on1. The Hall–Kier alpha value is -3.13. The molecular weight excluding hydrogens is 377 g/mol. The molecule has 0 N–H and O–H groups in total. The van der Waals surface area contributed by atoms with Crippen LogP contribution in [0, 0.1) is 12.7 Å². The van der Waals surface area contributed by atoms with E-state index >= 15 is 0 Å². The highest BCUT2D eigenvalue weighted by Crippen LogP contribution is 2.17. The number of carbonyl (C=O) groups is 1. The van der Waals surface area contributed by atoms with E-state index < -0.39 is 0 Å². The average Bonchev–Trinajstić information content (AvgIpc) is 3.37. The summed E-state index contributed by atoms with van der Waals surface area (Å²) in [6, 6.07) is 11.1. The average molecular weight is 399 g/mol. The van der Waals surface area contributed by atoms with Gasteiger partial charge in [-0.15, -0.1) is 0 Å². The van der Waals surface area contributed by atoms with E-state index in [9.17, 15) is 9.18 Å². The molecule has 0 bridgehead atoms. The molecule has 1 aliphatic rings. The number of ether oxygens (including phenoxy) is 1. The Bertz CT molecular complexity index is 958. The largest absolute Gasteiger partial charge is 0.486 e. The van der Waals surface area contributed by atoms with Gasteiger partial charge in [0.1, 0.15) is 23.9 Å². The molecule has 3 aromatic rings. The molecule has 0 saturated carbocycles. The van der Waals surface area contributed by atoms with Gasteiger partial charge in [0.15, 0.2) is 11.5 Å². The number of hydrogen-bond acceptors (Lipinski definition) is 6. The molecule has 7 nitrogen and oxygen atoms in total. The van der Waals surface area contributed by atoms with E-state index in [1.165, 1.54) is 12.1 Å². The molecule has 1 aromatic carbocycles. The van der Waals surface area contributed by atoms with Gasteiger partial charge in [-0.2, -0.15) is 0 Å². The first-order valence-electron chi connectivity index (χ1n) is 9.48. The van der Waals surface area contributed by atoms with Crippen LogP contribution in [0.3, 0.4) is 0 Å². The molecule has 0 unspecified atom stereocenters. The summed E-state index contributed by atoms with van der Waals surface area (Å²) < 4.78 is 29.4. The van der Waals surface area contributed by atoms with E-state index in [0.29, 0.717) is 36.9 Å². The van der Waals surface area contributed by atoms with Gasteiger partial charge in [0.25, 0.3) is 5.91 Å². The van der Waals surface area contributed by atoms with Crippen molar-refractivity contribution in [1.29, 1.82) is 0 Å². The van der Waals surface area contributed by atoms with Crippen molar-refractivity contribution in [3.05, 3.63) is 71.3 Å². The van der Waals surface area contributed by atoms with Crippen molar-refractivity contribution in [3.8, 4) is 5.75 Å². The molecule has 0 spiro atoms. The molecule has 1 saturated heterocycles. The Balaban J connectivity index is 1.27. The van der Waals surface area contributed by atoms with Gasteiger partial charge in [0.05, 0.1) is 12.2 Å². The molecule has 4 rings (SSSR count). The highest BCUT2D eigenvalue weighted by Gasteiger charge is 2.25. The molecule has 0 radical (unpaired) electrons. The topological polar surface area (TPSA) is 72.0 Å². The highest BCUT2D eigenvalue weighted by atomic mass is 19.1. The van der Waals surface area contributed by atoms with Crippen LogP contribution in [0.4, 0.5) is 4.39 Å². The molecule has 0 aliphatic carbocycles. The summed E-state index contributed by atoms with van der Waals surface area (Å²) in [7, 11) is 0. The fourth-order valence-electron chi connectivity index (χ4n) is 3.23. The molecule has 1 amide bonds. The number of piperazine rings is 1. The zero-order chi connectivity index (χ0) is 20.2. The Morgan fingerprint density at radius 2 is 1.86 bits per heavy atom. The Kier molecular flexibility index (Phi) is 5.62. The predicted molar refractivity (Wildman–Crippen MR) is 102 cm³/mol. The van der Waals surface area contributed by atoms with Gasteiger partial charge in [-0.25, -0.2) is 4.39 Å². The van der Waals surface area contributed by atoms with Crippen LogP contribution in [0.25, 0.3) is 0 Å². The van der Waals surface area contributed by atoms with Gasteiger partial charge in [-0.1, -0.05) is 5.16 Å². The van der Waals surface area contributed by atoms with Crippen molar-refractivity contribution < 1.29 is 22.9 Å². The van der Waals surface area contributed by atoms with Crippen molar-refractivity contribution >= 4 is 5.91 Å². The summed E-state index contributed by atoms with van der Waals surface area (Å²) in [5.74, 6) is 1.75. The first-order chi connectivity index (χ1) is 14.1. The Labute approximate surface area is 167 Å². The number of aryl methyl sites for hydroxylation is 1. The third kappa shape index (κ3) is 4.83. The van der Waals surface area contributed by atoms with Crippen LogP contribution in [-0.2, 0) is 13.2 Å². The lowest BCUT2D eigenvalue weighted by Gasteiger charge is -2.33. The van der Waals surface area contributed by atoms with Crippen molar-refractivity contribution in [2.45, 2.75) is 20.1 Å². The molecule has 152 valence electrons. The van der Waals surface area contributed by atoms with Gasteiger partial charge >= 0.3 is 0 Å². The quantitative estimate of drug-likeness (QED) is 0.634. The van der Waals surface area contributed by atoms with Crippen molar-refractivity contribution in [3.63, 3.8) is 0 Å². The predicted octanol–water partition coefficient (Wildman–Crippen LogP) is 3.25. The summed E-state index contributed by atoms with van der Waals surface area (Å²) in [5, 5.41) is 3.90. The Morgan fingerprint density at radius 1 is 1.10 bits per heavy atom. The second kappa shape index (κ2) is 8.48. The van der Waals surface area contributed by atoms with Crippen LogP contribution in [-0.4, -0.2) is 47.0 Å². The van der Waals surface area contributed by atoms with E-state index in [-0.39, 0.29) is 18.3 Å². The number of rotatable bonds is 6. The van der Waals surface area contributed by atoms with Crippen molar-refractivity contribution in [2.24, 2.45) is 0 Å². The summed E-state index contributed by atoms with van der Waals surface area (Å²) in [6.45, 7) is 5.51. The van der Waals surface area contributed by atoms with E-state index in [1.807, 2.05) is 13.0 Å². The lowest BCUT2D eigenvalue weighted by atomic mass is 10.2. The number of carbonyl (C=O) groups excluding carboxylic acids is 1. The van der Waals surface area contributed by atoms with Crippen LogP contribution < -0.4 is 4.74 Å². The second-order valence-corrected chi connectivity index (χ2v) is 7.01. The monoisotopic (exact) mass is 399 g/mol. The van der Waals surface area contributed by atoms with Gasteiger partial charge in [0, 0.05) is 32.2 Å². The number of nitrogens with zero attached hydrogens (tertiary/aromatic N) is 3. The van der Waals surface area contributed by atoms with Gasteiger partial charge in [0.2, 0.25) is 0 Å². The number of halogens is 1. The van der Waals surface area contributed by atoms with Crippen LogP contribution in [0.1, 0.15) is 27.8 Å². The minimum absolute atomic E-state index is 0.131. The molecule has 1 fully saturated rings. The van der Waals surface area contributed by atoms with Gasteiger partial charge in [-0.05, 0) is 43.3 Å². The fraction of sp³-hybridized carbons (Fsp3) is 0.333.